The van der Waals surface area contributed by atoms with E-state index in [1.807, 2.05) is 104 Å². The zero-order chi connectivity index (χ0) is 91.5. The molecule has 130 heavy (non-hydrogen) atoms. The molecule has 2 unspecified atom stereocenters. The molecule has 0 bridgehead atoms. The summed E-state index contributed by atoms with van der Waals surface area (Å²) in [7, 11) is 0. The van der Waals surface area contributed by atoms with Crippen molar-refractivity contribution >= 4 is 5.97 Å². The van der Waals surface area contributed by atoms with E-state index < -0.39 is 58.8 Å². The van der Waals surface area contributed by atoms with Crippen LogP contribution in [0.3, 0.4) is 0 Å². The molecule has 16 aromatic rings. The van der Waals surface area contributed by atoms with E-state index in [0.29, 0.717) is 85.9 Å². The molecule has 685 valence electrons. The van der Waals surface area contributed by atoms with E-state index in [9.17, 15) is 57.5 Å². The molecule has 0 aliphatic heterocycles. The van der Waals surface area contributed by atoms with Gasteiger partial charge in [0.1, 0.15) is 5.69 Å². The number of rotatable bonds is 13. The van der Waals surface area contributed by atoms with Crippen LogP contribution < -0.4 is 14.9 Å². The number of carboxylic acids is 1. The molecule has 2 atom stereocenters. The van der Waals surface area contributed by atoms with Gasteiger partial charge < -0.3 is 50.4 Å². The maximum Gasteiger partial charge on any atom is 3.00 e. The minimum absolute atomic E-state index is 0. The van der Waals surface area contributed by atoms with E-state index in [1.54, 1.807) is 150 Å². The van der Waals surface area contributed by atoms with Crippen LogP contribution in [0.25, 0.3) is 67.8 Å². The van der Waals surface area contributed by atoms with Gasteiger partial charge in [-0.15, -0.1) is 162 Å². The van der Waals surface area contributed by atoms with Crippen molar-refractivity contribution in [2.24, 2.45) is 0 Å². The average Bonchev–Trinajstić information content (AvgIpc) is 1.57. The first-order valence-corrected chi connectivity index (χ1v) is 37.8. The second-order valence-electron chi connectivity index (χ2n) is 27.2. The topological polar surface area (TPSA) is 305 Å². The number of aromatic nitrogens is 20. The number of aliphatic hydroxyl groups is 2. The Bertz CT molecular complexity index is 5400. The number of hydrogen-bond acceptors (Lipinski definition) is 17. The van der Waals surface area contributed by atoms with Crippen molar-refractivity contribution in [3.05, 3.63) is 354 Å². The average molecular weight is 2500 g/mol. The summed E-state index contributed by atoms with van der Waals surface area (Å²) in [4.78, 5) is 51.6. The standard InChI is InChI=1S/C14H9N3.4C13H10F3N2.C13H12N8.C6H5NO2.C5H12O2.4Ir/c1-3-7-11(8-4-1)13-15-14(17-16-13)12-9-5-2-6-10-12;4*1-8-7-17-12(9(2)18-8)10-3-5-11(6-4-10)13(14,15)16;1-5-14-18(9-1)13(19-10-2-6-15-19,20-11-3-7-16-20)21-12-4-8-17-21;8-6(9)5-3-1-2-4-7-5;1-4(6)3-5(2)7;;;;/h1-9H;4*3,5-7H,1-2H3;1-12H;1-4H,(H,8,9);4-7H,3H2,1-2H3;;;;/q-2;4*-1;;;;;;;+3. The van der Waals surface area contributed by atoms with Gasteiger partial charge in [0.15, 0.2) is 6.20 Å². The summed E-state index contributed by atoms with van der Waals surface area (Å²) in [5.41, 5.74) is 9.03. The van der Waals surface area contributed by atoms with Gasteiger partial charge in [-0.1, -0.05) is 36.4 Å². The van der Waals surface area contributed by atoms with Gasteiger partial charge in [0.2, 0.25) is 0 Å². The Morgan fingerprint density at radius 1 is 0.423 bits per heavy atom. The molecule has 0 saturated heterocycles. The summed E-state index contributed by atoms with van der Waals surface area (Å²) in [5, 5.41) is 51.2. The summed E-state index contributed by atoms with van der Waals surface area (Å²) >= 11 is 0. The van der Waals surface area contributed by atoms with E-state index in [4.69, 9.17) is 15.3 Å². The first-order chi connectivity index (χ1) is 59.8. The third kappa shape index (κ3) is 31.4. The fraction of sp³-hybridized carbons (Fsp3) is 0.200. The van der Waals surface area contributed by atoms with E-state index in [0.717, 1.165) is 82.4 Å². The van der Waals surface area contributed by atoms with Gasteiger partial charge in [-0.05, 0) is 140 Å². The minimum Gasteiger partial charge on any atom is -0.477 e. The van der Waals surface area contributed by atoms with Crippen LogP contribution in [0.5, 0.6) is 0 Å². The van der Waals surface area contributed by atoms with E-state index in [2.05, 4.69) is 111 Å². The molecule has 16 rings (SSSR count). The van der Waals surface area contributed by atoms with Crippen LogP contribution in [0.4, 0.5) is 52.7 Å². The monoisotopic (exact) mass is 2500 g/mol. The molecular formula is C90H78F12Ir4N20O4-3. The smallest absolute Gasteiger partial charge is 0.477 e. The number of benzene rings is 6. The van der Waals surface area contributed by atoms with Gasteiger partial charge in [0, 0.05) is 180 Å². The van der Waals surface area contributed by atoms with Gasteiger partial charge >= 0.3 is 56.7 Å². The summed E-state index contributed by atoms with van der Waals surface area (Å²) in [6.45, 7) is 17.6. The quantitative estimate of drug-likeness (QED) is 0.0549. The fourth-order valence-corrected chi connectivity index (χ4v) is 11.4. The molecule has 0 aliphatic carbocycles. The summed E-state index contributed by atoms with van der Waals surface area (Å²) in [6, 6.07) is 56.3. The molecule has 10 aromatic heterocycles. The number of aromatic carboxylic acids is 1. The predicted octanol–water partition coefficient (Wildman–Crippen LogP) is 17.5. The first kappa shape index (κ1) is 108. The normalized spacial score (nSPS) is 11.3. The van der Waals surface area contributed by atoms with Crippen LogP contribution in [-0.4, -0.2) is 118 Å². The number of pyridine rings is 1. The zero-order valence-electron chi connectivity index (χ0n) is 70.1. The molecule has 3 N–H and O–H groups in total. The number of hydrogen-bond donors (Lipinski definition) is 3. The third-order valence-electron chi connectivity index (χ3n) is 17.1. The second-order valence-corrected chi connectivity index (χ2v) is 27.2. The Morgan fingerprint density at radius 3 is 1.02 bits per heavy atom. The van der Waals surface area contributed by atoms with Gasteiger partial charge in [-0.25, -0.2) is 14.5 Å². The third-order valence-corrected chi connectivity index (χ3v) is 17.1. The number of halogens is 12. The van der Waals surface area contributed by atoms with Crippen LogP contribution in [0.1, 0.15) is 98.6 Å². The number of alkyl halides is 12. The van der Waals surface area contributed by atoms with Crippen molar-refractivity contribution < 1.29 is 158 Å². The van der Waals surface area contributed by atoms with Crippen LogP contribution >= 0.6 is 0 Å². The minimum atomic E-state index is -4.34. The number of aryl methyl sites for hydroxylation is 8. The Kier molecular flexibility index (Phi) is 41.9. The Labute approximate surface area is 793 Å². The maximum absolute atomic E-state index is 12.4. The molecule has 40 heteroatoms. The summed E-state index contributed by atoms with van der Waals surface area (Å²) < 4.78 is 156. The summed E-state index contributed by atoms with van der Waals surface area (Å²) in [5.74, 6) is -0.710. The molecule has 0 amide bonds. The maximum atomic E-state index is 12.4. The van der Waals surface area contributed by atoms with E-state index in [1.165, 1.54) is 36.5 Å². The Hall–Kier alpha value is -12.1. The van der Waals surface area contributed by atoms with Gasteiger partial charge in [0.25, 0.3) is 0 Å². The van der Waals surface area contributed by atoms with Crippen LogP contribution in [0, 0.1) is 85.7 Å². The molecule has 10 heterocycles. The number of aliphatic hydroxyl groups excluding tert-OH is 2. The van der Waals surface area contributed by atoms with Crippen molar-refractivity contribution in [3.8, 4) is 67.8 Å². The molecule has 0 saturated carbocycles. The second kappa shape index (κ2) is 50.2. The Morgan fingerprint density at radius 2 is 0.777 bits per heavy atom. The summed E-state index contributed by atoms with van der Waals surface area (Å²) in [6.07, 6.45) is 4.37. The van der Waals surface area contributed by atoms with Crippen molar-refractivity contribution in [2.45, 2.75) is 118 Å². The van der Waals surface area contributed by atoms with E-state index >= 15 is 0 Å². The number of carboxylic acid groups (broad SMARTS) is 1. The van der Waals surface area contributed by atoms with Crippen LogP contribution in [-0.2, 0) is 111 Å². The molecule has 3 radical (unpaired) electrons. The van der Waals surface area contributed by atoms with Crippen molar-refractivity contribution in [3.63, 3.8) is 0 Å². The molecule has 6 aromatic carbocycles. The van der Waals surface area contributed by atoms with Gasteiger partial charge in [-0.3, -0.25) is 25.0 Å². The van der Waals surface area contributed by atoms with Crippen molar-refractivity contribution in [1.29, 1.82) is 0 Å². The first-order valence-electron chi connectivity index (χ1n) is 37.8. The molecule has 0 fully saturated rings. The van der Waals surface area contributed by atoms with Crippen LogP contribution in [0.15, 0.2) is 250 Å². The fourth-order valence-electron chi connectivity index (χ4n) is 11.4. The van der Waals surface area contributed by atoms with Gasteiger partial charge in [-0.2, -0.15) is 87.6 Å². The number of carbonyl (C=O) groups is 1. The van der Waals surface area contributed by atoms with Gasteiger partial charge in [0.05, 0.1) is 35.0 Å². The Balaban J connectivity index is 0.000000266. The largest absolute Gasteiger partial charge is 3.00 e. The molecular weight excluding hydrogens is 2420 g/mol. The number of nitrogens with zero attached hydrogens (tertiary/aromatic N) is 20. The SMILES string of the molecule is CC(O)CC(C)O.Cc1cnc(-c2[c-]cc(C(F)(F)F)cc2)c(C)n1.Cc1cnc(-c2[c-]cc(C(F)(F)F)cc2)c(C)n1.Cc1cnc(-c2[c-]cc(C(F)(F)F)cc2)c(C)n1.Cc1cnc(-c2[c-]cc(C(F)(F)F)cc2)c(C)n1.O=C(O)c1ccccn1.[Ir+3].[Ir].[Ir].[Ir].[c-]1ccccc1-c1nc(-c2ccccc2)n[n-]1.c1cnn(C(n2cccn2)(n2cccn2)[n+]2ccc[n-]2)c1. The predicted molar refractivity (Wildman–Crippen MR) is 438 cm³/mol. The van der Waals surface area contributed by atoms with Crippen molar-refractivity contribution in [1.82, 2.24) is 94.5 Å². The van der Waals surface area contributed by atoms with Crippen molar-refractivity contribution in [2.75, 3.05) is 0 Å². The molecule has 0 spiro atoms. The zero-order valence-corrected chi connectivity index (χ0v) is 79.7. The molecule has 24 nitrogen and oxygen atoms in total. The van der Waals surface area contributed by atoms with Crippen LogP contribution in [0.2, 0.25) is 0 Å². The van der Waals surface area contributed by atoms with E-state index in [-0.39, 0.29) is 98.3 Å². The molecule has 0 aliphatic rings.